The van der Waals surface area contributed by atoms with Gasteiger partial charge in [-0.25, -0.2) is 4.39 Å². The van der Waals surface area contributed by atoms with Crippen molar-refractivity contribution in [2.45, 2.75) is 12.9 Å². The van der Waals surface area contributed by atoms with Crippen LogP contribution in [0.3, 0.4) is 0 Å². The van der Waals surface area contributed by atoms with E-state index in [-0.39, 0.29) is 12.4 Å². The minimum atomic E-state index is -1.08. The van der Waals surface area contributed by atoms with Gasteiger partial charge in [0.2, 0.25) is 0 Å². The van der Waals surface area contributed by atoms with Crippen LogP contribution in [0, 0.1) is 5.82 Å². The molecule has 2 rings (SSSR count). The van der Waals surface area contributed by atoms with Crippen molar-refractivity contribution in [3.8, 4) is 5.75 Å². The van der Waals surface area contributed by atoms with Crippen molar-refractivity contribution < 1.29 is 18.7 Å². The molecule has 14 heavy (non-hydrogen) atoms. The average molecular weight is 197 g/mol. The molecule has 0 saturated heterocycles. The van der Waals surface area contributed by atoms with Gasteiger partial charge in [-0.1, -0.05) is 0 Å². The number of primary amides is 1. The molecule has 1 atom stereocenters. The van der Waals surface area contributed by atoms with Gasteiger partial charge >= 0.3 is 0 Å². The number of carbonyl (C=O) groups is 1. The van der Waals surface area contributed by atoms with Gasteiger partial charge in [0.15, 0.2) is 0 Å². The van der Waals surface area contributed by atoms with Crippen LogP contribution in [0.1, 0.15) is 5.56 Å². The lowest BCUT2D eigenvalue weighted by molar-refractivity contribution is -0.156. The topological polar surface area (TPSA) is 61.6 Å². The molecule has 5 heteroatoms. The summed E-state index contributed by atoms with van der Waals surface area (Å²) in [7, 11) is 0. The number of nitrogens with two attached hydrogens (primary N) is 1. The van der Waals surface area contributed by atoms with Gasteiger partial charge in [0, 0.05) is 5.56 Å². The van der Waals surface area contributed by atoms with E-state index in [0.29, 0.717) is 11.3 Å². The van der Waals surface area contributed by atoms with Gasteiger partial charge in [0.25, 0.3) is 12.2 Å². The monoisotopic (exact) mass is 197 g/mol. The maximum Gasteiger partial charge on any atom is 0.287 e. The van der Waals surface area contributed by atoms with Crippen LogP contribution >= 0.6 is 0 Å². The number of ether oxygens (including phenoxy) is 2. The number of rotatable bonds is 1. The summed E-state index contributed by atoms with van der Waals surface area (Å²) in [6.45, 7) is 0.126. The molecule has 2 N–H and O–H groups in total. The highest BCUT2D eigenvalue weighted by molar-refractivity contribution is 5.78. The van der Waals surface area contributed by atoms with Gasteiger partial charge in [-0.3, -0.25) is 4.79 Å². The van der Waals surface area contributed by atoms with E-state index in [9.17, 15) is 9.18 Å². The molecule has 0 bridgehead atoms. The summed E-state index contributed by atoms with van der Waals surface area (Å²) in [6, 6.07) is 4.00. The molecule has 0 saturated carbocycles. The largest absolute Gasteiger partial charge is 0.455 e. The third-order valence-corrected chi connectivity index (χ3v) is 1.88. The second-order valence-corrected chi connectivity index (χ2v) is 2.92. The molecule has 1 aliphatic rings. The van der Waals surface area contributed by atoms with E-state index in [1.807, 2.05) is 0 Å². The molecule has 0 aromatic heterocycles. The zero-order chi connectivity index (χ0) is 10.1. The molecule has 0 spiro atoms. The Morgan fingerprint density at radius 1 is 1.57 bits per heavy atom. The van der Waals surface area contributed by atoms with Crippen LogP contribution in [0.4, 0.5) is 4.39 Å². The first-order chi connectivity index (χ1) is 6.66. The third-order valence-electron chi connectivity index (χ3n) is 1.88. The molecule has 1 aliphatic heterocycles. The van der Waals surface area contributed by atoms with E-state index in [4.69, 9.17) is 15.2 Å². The zero-order valence-corrected chi connectivity index (χ0v) is 7.20. The molecule has 1 heterocycles. The number of fused-ring (bicyclic) bond motifs is 1. The number of halogens is 1. The molecule has 1 aromatic carbocycles. The standard InChI is InChI=1S/C9H8FNO3/c10-6-1-2-7-5(3-6)4-13-9(14-7)8(11)12/h1-3,9H,4H2,(H2,11,12). The highest BCUT2D eigenvalue weighted by Crippen LogP contribution is 2.26. The Morgan fingerprint density at radius 2 is 2.36 bits per heavy atom. The molecule has 0 fully saturated rings. The Hall–Kier alpha value is -1.62. The van der Waals surface area contributed by atoms with Crippen molar-refractivity contribution in [2.24, 2.45) is 5.73 Å². The lowest BCUT2D eigenvalue weighted by atomic mass is 10.2. The van der Waals surface area contributed by atoms with Crippen LogP contribution in [-0.4, -0.2) is 12.2 Å². The van der Waals surface area contributed by atoms with E-state index in [1.54, 1.807) is 0 Å². The first kappa shape index (κ1) is 8.96. The number of benzene rings is 1. The Bertz CT molecular complexity index is 380. The van der Waals surface area contributed by atoms with Crippen molar-refractivity contribution in [1.29, 1.82) is 0 Å². The first-order valence-electron chi connectivity index (χ1n) is 4.03. The molecule has 1 aromatic rings. The predicted octanol–water partition coefficient (Wildman–Crippen LogP) is 0.546. The van der Waals surface area contributed by atoms with Crippen LogP contribution < -0.4 is 10.5 Å². The third kappa shape index (κ3) is 1.54. The minimum Gasteiger partial charge on any atom is -0.455 e. The van der Waals surface area contributed by atoms with E-state index >= 15 is 0 Å². The van der Waals surface area contributed by atoms with Crippen LogP contribution in [0.2, 0.25) is 0 Å². The van der Waals surface area contributed by atoms with E-state index < -0.39 is 12.2 Å². The lowest BCUT2D eigenvalue weighted by Crippen LogP contribution is -2.38. The van der Waals surface area contributed by atoms with Gasteiger partial charge < -0.3 is 15.2 Å². The zero-order valence-electron chi connectivity index (χ0n) is 7.20. The highest BCUT2D eigenvalue weighted by atomic mass is 19.1. The Labute approximate surface area is 79.4 Å². The summed E-state index contributed by atoms with van der Waals surface area (Å²) in [6.07, 6.45) is -1.08. The summed E-state index contributed by atoms with van der Waals surface area (Å²) in [4.78, 5) is 10.7. The van der Waals surface area contributed by atoms with E-state index in [1.165, 1.54) is 18.2 Å². The van der Waals surface area contributed by atoms with Crippen molar-refractivity contribution in [1.82, 2.24) is 0 Å². The second kappa shape index (κ2) is 3.26. The number of hydrogen-bond acceptors (Lipinski definition) is 3. The van der Waals surface area contributed by atoms with Crippen LogP contribution in [0.5, 0.6) is 5.75 Å². The molecule has 0 radical (unpaired) electrons. The molecule has 0 aliphatic carbocycles. The molecule has 1 unspecified atom stereocenters. The summed E-state index contributed by atoms with van der Waals surface area (Å²) >= 11 is 0. The first-order valence-corrected chi connectivity index (χ1v) is 4.03. The van der Waals surface area contributed by atoms with Crippen LogP contribution in [0.25, 0.3) is 0 Å². The van der Waals surface area contributed by atoms with Crippen molar-refractivity contribution in [3.05, 3.63) is 29.6 Å². The molecule has 1 amide bonds. The maximum absolute atomic E-state index is 12.7. The number of amides is 1. The Kier molecular flexibility index (Phi) is 2.09. The summed E-state index contributed by atoms with van der Waals surface area (Å²) < 4.78 is 22.8. The second-order valence-electron chi connectivity index (χ2n) is 2.92. The van der Waals surface area contributed by atoms with Gasteiger partial charge in [0.05, 0.1) is 6.61 Å². The fraction of sp³-hybridized carbons (Fsp3) is 0.222. The summed E-state index contributed by atoms with van der Waals surface area (Å²) in [5.41, 5.74) is 5.56. The molecular formula is C9H8FNO3. The van der Waals surface area contributed by atoms with Crippen molar-refractivity contribution >= 4 is 5.91 Å². The van der Waals surface area contributed by atoms with E-state index in [2.05, 4.69) is 0 Å². The van der Waals surface area contributed by atoms with E-state index in [0.717, 1.165) is 0 Å². The van der Waals surface area contributed by atoms with Crippen LogP contribution in [-0.2, 0) is 16.1 Å². The molecular weight excluding hydrogens is 189 g/mol. The summed E-state index contributed by atoms with van der Waals surface area (Å²) in [5, 5.41) is 0. The SMILES string of the molecule is NC(=O)C1OCc2cc(F)ccc2O1. The molecule has 4 nitrogen and oxygen atoms in total. The van der Waals surface area contributed by atoms with Crippen molar-refractivity contribution in [3.63, 3.8) is 0 Å². The Balaban J connectivity index is 2.27. The lowest BCUT2D eigenvalue weighted by Gasteiger charge is -2.23. The van der Waals surface area contributed by atoms with Gasteiger partial charge in [0.1, 0.15) is 11.6 Å². The quantitative estimate of drug-likeness (QED) is 0.714. The van der Waals surface area contributed by atoms with Gasteiger partial charge in [-0.05, 0) is 18.2 Å². The minimum absolute atomic E-state index is 0.126. The predicted molar refractivity (Wildman–Crippen MR) is 44.8 cm³/mol. The number of hydrogen-bond donors (Lipinski definition) is 1. The van der Waals surface area contributed by atoms with Crippen molar-refractivity contribution in [2.75, 3.05) is 0 Å². The highest BCUT2D eigenvalue weighted by Gasteiger charge is 2.24. The normalized spacial score (nSPS) is 19.6. The maximum atomic E-state index is 12.7. The van der Waals surface area contributed by atoms with Gasteiger partial charge in [-0.2, -0.15) is 0 Å². The van der Waals surface area contributed by atoms with Gasteiger partial charge in [-0.15, -0.1) is 0 Å². The fourth-order valence-corrected chi connectivity index (χ4v) is 1.23. The fourth-order valence-electron chi connectivity index (χ4n) is 1.23. The Morgan fingerprint density at radius 3 is 3.07 bits per heavy atom. The smallest absolute Gasteiger partial charge is 0.287 e. The average Bonchev–Trinajstić information content (AvgIpc) is 2.16. The molecule has 74 valence electrons. The van der Waals surface area contributed by atoms with Crippen LogP contribution in [0.15, 0.2) is 18.2 Å². The summed E-state index contributed by atoms with van der Waals surface area (Å²) in [5.74, 6) is -0.630. The number of carbonyl (C=O) groups excluding carboxylic acids is 1.